The van der Waals surface area contributed by atoms with Gasteiger partial charge in [0.05, 0.1) is 22.8 Å². The Hall–Kier alpha value is -3.15. The van der Waals surface area contributed by atoms with Crippen LogP contribution in [0.15, 0.2) is 48.7 Å². The summed E-state index contributed by atoms with van der Waals surface area (Å²) in [7, 11) is 0. The molecule has 3 aromatic rings. The Balaban J connectivity index is 1.91. The van der Waals surface area contributed by atoms with Gasteiger partial charge in [0, 0.05) is 17.7 Å². The minimum Gasteiger partial charge on any atom is -0.306 e. The van der Waals surface area contributed by atoms with Crippen LogP contribution in [-0.2, 0) is 5.41 Å². The average molecular weight is 363 g/mol. The number of nitrogens with one attached hydrogen (secondary N) is 2. The molecule has 0 unspecified atom stereocenters. The van der Waals surface area contributed by atoms with Gasteiger partial charge >= 0.3 is 6.03 Å². The number of benzene rings is 1. The van der Waals surface area contributed by atoms with Crippen molar-refractivity contribution in [3.05, 3.63) is 65.6 Å². The van der Waals surface area contributed by atoms with E-state index in [0.717, 1.165) is 17.1 Å². The monoisotopic (exact) mass is 363 g/mol. The fourth-order valence-electron chi connectivity index (χ4n) is 2.61. The molecule has 0 saturated heterocycles. The minimum absolute atomic E-state index is 0.136. The summed E-state index contributed by atoms with van der Waals surface area (Å²) in [6.45, 7) is 10.2. The molecule has 0 aliphatic carbocycles. The number of aromatic nitrogens is 3. The first-order chi connectivity index (χ1) is 12.7. The lowest BCUT2D eigenvalue weighted by Gasteiger charge is -2.14. The minimum atomic E-state index is -0.333. The van der Waals surface area contributed by atoms with E-state index in [1.54, 1.807) is 16.9 Å². The van der Waals surface area contributed by atoms with E-state index in [1.807, 2.05) is 50.2 Å². The standard InChI is InChI=1S/C21H25N5O/c1-14-8-10-16(11-9-14)26-19(13-18(25-26)21(3,4)5)24-20(27)23-17-7-6-12-22-15(17)2/h6-13H,1-5H3,(H2,23,24,27). The third kappa shape index (κ3) is 4.34. The fraction of sp³-hybridized carbons (Fsp3) is 0.286. The van der Waals surface area contributed by atoms with Crippen molar-refractivity contribution in [3.63, 3.8) is 0 Å². The van der Waals surface area contributed by atoms with Crippen LogP contribution in [-0.4, -0.2) is 20.8 Å². The molecular formula is C21H25N5O. The van der Waals surface area contributed by atoms with Crippen molar-refractivity contribution < 1.29 is 4.79 Å². The lowest BCUT2D eigenvalue weighted by molar-refractivity contribution is 0.262. The molecule has 0 spiro atoms. The van der Waals surface area contributed by atoms with Gasteiger partial charge in [0.15, 0.2) is 0 Å². The molecule has 6 heteroatoms. The van der Waals surface area contributed by atoms with Gasteiger partial charge in [-0.05, 0) is 38.1 Å². The van der Waals surface area contributed by atoms with Gasteiger partial charge in [0.2, 0.25) is 0 Å². The van der Waals surface area contributed by atoms with E-state index in [2.05, 4.69) is 36.4 Å². The molecule has 6 nitrogen and oxygen atoms in total. The maximum absolute atomic E-state index is 12.5. The van der Waals surface area contributed by atoms with Gasteiger partial charge in [-0.15, -0.1) is 0 Å². The molecule has 0 atom stereocenters. The van der Waals surface area contributed by atoms with Crippen LogP contribution in [0.3, 0.4) is 0 Å². The van der Waals surface area contributed by atoms with Crippen molar-refractivity contribution in [1.29, 1.82) is 0 Å². The van der Waals surface area contributed by atoms with Gasteiger partial charge in [-0.25, -0.2) is 9.48 Å². The Morgan fingerprint density at radius 3 is 2.37 bits per heavy atom. The quantitative estimate of drug-likeness (QED) is 0.700. The van der Waals surface area contributed by atoms with E-state index in [-0.39, 0.29) is 11.4 Å². The van der Waals surface area contributed by atoms with Crippen LogP contribution in [0.5, 0.6) is 0 Å². The first-order valence-electron chi connectivity index (χ1n) is 8.91. The van der Waals surface area contributed by atoms with Crippen LogP contribution in [0.4, 0.5) is 16.3 Å². The predicted octanol–water partition coefficient (Wildman–Crippen LogP) is 4.83. The number of nitrogens with zero attached hydrogens (tertiary/aromatic N) is 3. The number of pyridine rings is 1. The third-order valence-electron chi connectivity index (χ3n) is 4.25. The topological polar surface area (TPSA) is 71.8 Å². The van der Waals surface area contributed by atoms with Crippen LogP contribution >= 0.6 is 0 Å². The van der Waals surface area contributed by atoms with Crippen LogP contribution in [0.25, 0.3) is 5.69 Å². The summed E-state index contributed by atoms with van der Waals surface area (Å²) in [5.41, 5.74) is 4.26. The highest BCUT2D eigenvalue weighted by molar-refractivity contribution is 5.99. The van der Waals surface area contributed by atoms with Gasteiger partial charge in [-0.2, -0.15) is 5.10 Å². The Morgan fingerprint density at radius 2 is 1.74 bits per heavy atom. The molecule has 2 amide bonds. The van der Waals surface area contributed by atoms with Crippen molar-refractivity contribution in [2.24, 2.45) is 0 Å². The zero-order valence-electron chi connectivity index (χ0n) is 16.4. The van der Waals surface area contributed by atoms with Crippen molar-refractivity contribution in [3.8, 4) is 5.69 Å². The largest absolute Gasteiger partial charge is 0.324 e. The molecule has 0 aliphatic rings. The maximum Gasteiger partial charge on any atom is 0.324 e. The molecule has 0 fully saturated rings. The SMILES string of the molecule is Cc1ccc(-n2nc(C(C)(C)C)cc2NC(=O)Nc2cccnc2C)cc1. The van der Waals surface area contributed by atoms with Gasteiger partial charge in [0.1, 0.15) is 5.82 Å². The maximum atomic E-state index is 12.5. The van der Waals surface area contributed by atoms with Crippen LogP contribution in [0.1, 0.15) is 37.7 Å². The van der Waals surface area contributed by atoms with Gasteiger partial charge < -0.3 is 5.32 Å². The van der Waals surface area contributed by atoms with Crippen LogP contribution in [0, 0.1) is 13.8 Å². The van der Waals surface area contributed by atoms with E-state index < -0.39 is 0 Å². The van der Waals surface area contributed by atoms with Crippen LogP contribution < -0.4 is 10.6 Å². The summed E-state index contributed by atoms with van der Waals surface area (Å²) in [6, 6.07) is 13.2. The Morgan fingerprint density at radius 1 is 1.04 bits per heavy atom. The highest BCUT2D eigenvalue weighted by Gasteiger charge is 2.21. The number of amides is 2. The summed E-state index contributed by atoms with van der Waals surface area (Å²) in [5.74, 6) is 0.614. The number of carbonyl (C=O) groups is 1. The Kier molecular flexibility index (Phi) is 4.99. The number of rotatable bonds is 3. The Bertz CT molecular complexity index is 951. The molecule has 0 saturated carbocycles. The smallest absolute Gasteiger partial charge is 0.306 e. The predicted molar refractivity (Wildman–Crippen MR) is 109 cm³/mol. The summed E-state index contributed by atoms with van der Waals surface area (Å²) in [4.78, 5) is 16.7. The second kappa shape index (κ2) is 7.23. The number of hydrogen-bond acceptors (Lipinski definition) is 3. The molecule has 2 heterocycles. The lowest BCUT2D eigenvalue weighted by atomic mass is 9.92. The fourth-order valence-corrected chi connectivity index (χ4v) is 2.61. The molecule has 3 rings (SSSR count). The number of carbonyl (C=O) groups excluding carboxylic acids is 1. The zero-order valence-corrected chi connectivity index (χ0v) is 16.4. The molecular weight excluding hydrogens is 338 g/mol. The number of urea groups is 1. The van der Waals surface area contributed by atoms with Crippen molar-refractivity contribution in [2.45, 2.75) is 40.0 Å². The summed E-state index contributed by atoms with van der Waals surface area (Å²) in [5, 5.41) is 10.5. The number of anilines is 2. The molecule has 1 aromatic carbocycles. The zero-order chi connectivity index (χ0) is 19.6. The molecule has 2 N–H and O–H groups in total. The highest BCUT2D eigenvalue weighted by Crippen LogP contribution is 2.26. The van der Waals surface area contributed by atoms with E-state index in [1.165, 1.54) is 5.56 Å². The number of hydrogen-bond donors (Lipinski definition) is 2. The van der Waals surface area contributed by atoms with Crippen LogP contribution in [0.2, 0.25) is 0 Å². The second-order valence-electron chi connectivity index (χ2n) is 7.63. The molecule has 140 valence electrons. The lowest BCUT2D eigenvalue weighted by Crippen LogP contribution is -2.22. The van der Waals surface area contributed by atoms with E-state index in [4.69, 9.17) is 5.10 Å². The van der Waals surface area contributed by atoms with Crippen molar-refractivity contribution in [1.82, 2.24) is 14.8 Å². The van der Waals surface area contributed by atoms with Crippen molar-refractivity contribution >= 4 is 17.5 Å². The van der Waals surface area contributed by atoms with E-state index >= 15 is 0 Å². The second-order valence-corrected chi connectivity index (χ2v) is 7.63. The highest BCUT2D eigenvalue weighted by atomic mass is 16.2. The summed E-state index contributed by atoms with van der Waals surface area (Å²) >= 11 is 0. The molecule has 0 aliphatic heterocycles. The number of aryl methyl sites for hydroxylation is 2. The van der Waals surface area contributed by atoms with E-state index in [9.17, 15) is 4.79 Å². The van der Waals surface area contributed by atoms with E-state index in [0.29, 0.717) is 11.5 Å². The van der Waals surface area contributed by atoms with Gasteiger partial charge in [0.25, 0.3) is 0 Å². The third-order valence-corrected chi connectivity index (χ3v) is 4.25. The first-order valence-corrected chi connectivity index (χ1v) is 8.91. The normalized spacial score (nSPS) is 11.3. The molecule has 0 radical (unpaired) electrons. The summed E-state index contributed by atoms with van der Waals surface area (Å²) in [6.07, 6.45) is 1.69. The van der Waals surface area contributed by atoms with Crippen molar-refractivity contribution in [2.75, 3.05) is 10.6 Å². The molecule has 0 bridgehead atoms. The first kappa shape index (κ1) is 18.6. The average Bonchev–Trinajstić information content (AvgIpc) is 3.02. The molecule has 2 aromatic heterocycles. The van der Waals surface area contributed by atoms with Gasteiger partial charge in [-0.3, -0.25) is 10.3 Å². The summed E-state index contributed by atoms with van der Waals surface area (Å²) < 4.78 is 1.76. The van der Waals surface area contributed by atoms with Gasteiger partial charge in [-0.1, -0.05) is 38.5 Å². The Labute approximate surface area is 159 Å². The molecule has 27 heavy (non-hydrogen) atoms.